The van der Waals surface area contributed by atoms with Gasteiger partial charge in [-0.2, -0.15) is 5.26 Å². The van der Waals surface area contributed by atoms with E-state index in [0.29, 0.717) is 5.69 Å². The Hall–Kier alpha value is -2.54. The van der Waals surface area contributed by atoms with E-state index in [1.165, 1.54) is 6.21 Å². The monoisotopic (exact) mass is 225 g/mol. The summed E-state index contributed by atoms with van der Waals surface area (Å²) in [4.78, 5) is 0. The largest absolute Gasteiger partial charge is 0.411 e. The van der Waals surface area contributed by atoms with Gasteiger partial charge in [0.2, 0.25) is 0 Å². The zero-order chi connectivity index (χ0) is 12.3. The summed E-state index contributed by atoms with van der Waals surface area (Å²) in [6.07, 6.45) is 1.37. The summed E-state index contributed by atoms with van der Waals surface area (Å²) >= 11 is 0. The van der Waals surface area contributed by atoms with Crippen LogP contribution in [-0.2, 0) is 7.05 Å². The highest BCUT2D eigenvalue weighted by Crippen LogP contribution is 2.21. The lowest BCUT2D eigenvalue weighted by Crippen LogP contribution is -1.94. The molecule has 1 aromatic heterocycles. The molecule has 0 bridgehead atoms. The van der Waals surface area contributed by atoms with Gasteiger partial charge >= 0.3 is 0 Å². The minimum absolute atomic E-state index is 0.626. The first-order valence-electron chi connectivity index (χ1n) is 5.10. The van der Waals surface area contributed by atoms with Gasteiger partial charge in [0.15, 0.2) is 0 Å². The van der Waals surface area contributed by atoms with Crippen LogP contribution in [0.15, 0.2) is 41.6 Å². The van der Waals surface area contributed by atoms with Gasteiger partial charge in [-0.25, -0.2) is 0 Å². The zero-order valence-electron chi connectivity index (χ0n) is 9.33. The van der Waals surface area contributed by atoms with E-state index in [1.807, 2.05) is 41.9 Å². The fourth-order valence-electron chi connectivity index (χ4n) is 1.72. The molecular weight excluding hydrogens is 214 g/mol. The van der Waals surface area contributed by atoms with Gasteiger partial charge in [-0.3, -0.25) is 0 Å². The lowest BCUT2D eigenvalue weighted by molar-refractivity contribution is 0.322. The second-order valence-electron chi connectivity index (χ2n) is 3.64. The molecule has 0 fully saturated rings. The molecule has 0 aliphatic rings. The number of benzene rings is 1. The molecular formula is C13H11N3O. The molecule has 1 aromatic carbocycles. The Labute approximate surface area is 99.0 Å². The fourth-order valence-corrected chi connectivity index (χ4v) is 1.72. The maximum Gasteiger partial charge on any atom is 0.120 e. The molecule has 84 valence electrons. The number of nitrogens with zero attached hydrogens (tertiary/aromatic N) is 3. The number of hydrogen-bond acceptors (Lipinski definition) is 3. The van der Waals surface area contributed by atoms with Crippen LogP contribution >= 0.6 is 0 Å². The summed E-state index contributed by atoms with van der Waals surface area (Å²) in [5.41, 5.74) is 3.45. The summed E-state index contributed by atoms with van der Waals surface area (Å²) in [7, 11) is 1.86. The minimum Gasteiger partial charge on any atom is -0.411 e. The summed E-state index contributed by atoms with van der Waals surface area (Å²) in [6.45, 7) is 0. The number of aromatic nitrogens is 1. The van der Waals surface area contributed by atoms with Gasteiger partial charge in [0.25, 0.3) is 0 Å². The van der Waals surface area contributed by atoms with Crippen LogP contribution in [0.1, 0.15) is 11.3 Å². The van der Waals surface area contributed by atoms with Gasteiger partial charge in [-0.1, -0.05) is 29.4 Å². The predicted molar refractivity (Wildman–Crippen MR) is 64.9 cm³/mol. The third-order valence-electron chi connectivity index (χ3n) is 2.65. The van der Waals surface area contributed by atoms with Crippen molar-refractivity contribution in [3.05, 3.63) is 47.7 Å². The standard InChI is InChI=1S/C13H11N3O/c1-16-12(8-14)6-7-13(16)11-4-2-10(3-5-11)9-15-17/h2-7,9,17H,1H3/b15-9-. The Morgan fingerprint density at radius 1 is 1.24 bits per heavy atom. The zero-order valence-corrected chi connectivity index (χ0v) is 9.33. The van der Waals surface area contributed by atoms with Crippen LogP contribution in [0.4, 0.5) is 0 Å². The van der Waals surface area contributed by atoms with E-state index in [-0.39, 0.29) is 0 Å². The lowest BCUT2D eigenvalue weighted by Gasteiger charge is -2.04. The highest BCUT2D eigenvalue weighted by Gasteiger charge is 2.05. The highest BCUT2D eigenvalue weighted by molar-refractivity contribution is 5.80. The van der Waals surface area contributed by atoms with Crippen LogP contribution in [0.5, 0.6) is 0 Å². The van der Waals surface area contributed by atoms with Crippen molar-refractivity contribution in [2.45, 2.75) is 0 Å². The molecule has 2 aromatic rings. The Balaban J connectivity index is 2.40. The van der Waals surface area contributed by atoms with E-state index in [0.717, 1.165) is 16.8 Å². The van der Waals surface area contributed by atoms with E-state index in [2.05, 4.69) is 11.2 Å². The molecule has 1 heterocycles. The number of hydrogen-bond donors (Lipinski definition) is 1. The van der Waals surface area contributed by atoms with Crippen molar-refractivity contribution in [2.24, 2.45) is 12.2 Å². The summed E-state index contributed by atoms with van der Waals surface area (Å²) < 4.78 is 1.84. The van der Waals surface area contributed by atoms with Crippen LogP contribution in [0, 0.1) is 11.3 Å². The smallest absolute Gasteiger partial charge is 0.120 e. The number of oxime groups is 1. The molecule has 4 nitrogen and oxygen atoms in total. The summed E-state index contributed by atoms with van der Waals surface area (Å²) in [5, 5.41) is 20.3. The SMILES string of the molecule is Cn1c(C#N)ccc1-c1ccc(/C=N\O)cc1. The van der Waals surface area contributed by atoms with Crippen LogP contribution in [0.2, 0.25) is 0 Å². The first-order valence-corrected chi connectivity index (χ1v) is 5.10. The van der Waals surface area contributed by atoms with E-state index >= 15 is 0 Å². The molecule has 17 heavy (non-hydrogen) atoms. The van der Waals surface area contributed by atoms with Gasteiger partial charge in [0.1, 0.15) is 11.8 Å². The molecule has 0 aliphatic heterocycles. The normalized spacial score (nSPS) is 10.6. The molecule has 0 unspecified atom stereocenters. The van der Waals surface area contributed by atoms with E-state index in [9.17, 15) is 0 Å². The lowest BCUT2D eigenvalue weighted by atomic mass is 10.1. The van der Waals surface area contributed by atoms with Crippen molar-refractivity contribution in [2.75, 3.05) is 0 Å². The van der Waals surface area contributed by atoms with Crippen LogP contribution < -0.4 is 0 Å². The Bertz CT molecular complexity index is 588. The van der Waals surface area contributed by atoms with Crippen molar-refractivity contribution in [1.82, 2.24) is 4.57 Å². The second-order valence-corrected chi connectivity index (χ2v) is 3.64. The third kappa shape index (κ3) is 2.04. The first-order chi connectivity index (χ1) is 8.26. The molecule has 0 aliphatic carbocycles. The van der Waals surface area contributed by atoms with Crippen molar-refractivity contribution in [1.29, 1.82) is 5.26 Å². The Kier molecular flexibility index (Phi) is 2.93. The second kappa shape index (κ2) is 4.54. The average Bonchev–Trinajstić information content (AvgIpc) is 2.72. The Morgan fingerprint density at radius 2 is 1.94 bits per heavy atom. The van der Waals surface area contributed by atoms with E-state index in [4.69, 9.17) is 10.5 Å². The van der Waals surface area contributed by atoms with Gasteiger partial charge < -0.3 is 9.77 Å². The minimum atomic E-state index is 0.626. The van der Waals surface area contributed by atoms with Crippen molar-refractivity contribution in [3.8, 4) is 17.3 Å². The molecule has 0 saturated carbocycles. The molecule has 0 radical (unpaired) electrons. The maximum atomic E-state index is 8.88. The number of nitriles is 1. The summed E-state index contributed by atoms with van der Waals surface area (Å²) in [5.74, 6) is 0. The van der Waals surface area contributed by atoms with E-state index < -0.39 is 0 Å². The van der Waals surface area contributed by atoms with Gasteiger partial charge in [-0.15, -0.1) is 0 Å². The molecule has 0 atom stereocenters. The number of rotatable bonds is 2. The average molecular weight is 225 g/mol. The fraction of sp³-hybridized carbons (Fsp3) is 0.0769. The van der Waals surface area contributed by atoms with E-state index in [1.54, 1.807) is 6.07 Å². The maximum absolute atomic E-state index is 8.88. The molecule has 1 N–H and O–H groups in total. The molecule has 0 spiro atoms. The quantitative estimate of drug-likeness (QED) is 0.484. The molecule has 2 rings (SSSR count). The van der Waals surface area contributed by atoms with Gasteiger partial charge in [0.05, 0.1) is 6.21 Å². The van der Waals surface area contributed by atoms with Crippen molar-refractivity contribution >= 4 is 6.21 Å². The third-order valence-corrected chi connectivity index (χ3v) is 2.65. The first kappa shape index (κ1) is 11.0. The van der Waals surface area contributed by atoms with Crippen molar-refractivity contribution in [3.63, 3.8) is 0 Å². The molecule has 0 amide bonds. The predicted octanol–water partition coefficient (Wildman–Crippen LogP) is 2.37. The topological polar surface area (TPSA) is 61.3 Å². The van der Waals surface area contributed by atoms with Crippen molar-refractivity contribution < 1.29 is 5.21 Å². The van der Waals surface area contributed by atoms with Crippen LogP contribution in [-0.4, -0.2) is 16.0 Å². The van der Waals surface area contributed by atoms with Gasteiger partial charge in [0, 0.05) is 12.7 Å². The Morgan fingerprint density at radius 3 is 2.47 bits per heavy atom. The summed E-state index contributed by atoms with van der Waals surface area (Å²) in [6, 6.07) is 13.4. The van der Waals surface area contributed by atoms with Crippen LogP contribution in [0.3, 0.4) is 0 Å². The molecule has 0 saturated heterocycles. The highest BCUT2D eigenvalue weighted by atomic mass is 16.4. The van der Waals surface area contributed by atoms with Gasteiger partial charge in [-0.05, 0) is 23.3 Å². The van der Waals surface area contributed by atoms with Crippen LogP contribution in [0.25, 0.3) is 11.3 Å². The molecule has 4 heteroatoms.